The van der Waals surface area contributed by atoms with Gasteiger partial charge in [0.1, 0.15) is 17.3 Å². The van der Waals surface area contributed by atoms with Gasteiger partial charge in [-0.1, -0.05) is 18.2 Å². The number of para-hydroxylation sites is 1. The summed E-state index contributed by atoms with van der Waals surface area (Å²) in [6.45, 7) is 9.88. The zero-order valence-corrected chi connectivity index (χ0v) is 17.7. The number of imidazole rings is 1. The number of nitrogens with one attached hydrogen (secondary N) is 1. The lowest BCUT2D eigenvalue weighted by Gasteiger charge is -2.33. The molecule has 29 heavy (non-hydrogen) atoms. The number of aromatic nitrogens is 2. The van der Waals surface area contributed by atoms with Crippen molar-refractivity contribution in [1.29, 1.82) is 0 Å². The molecule has 0 atom stereocenters. The highest BCUT2D eigenvalue weighted by Crippen LogP contribution is 2.27. The van der Waals surface area contributed by atoms with E-state index in [0.717, 1.165) is 48.8 Å². The number of piperidine rings is 1. The molecule has 2 aromatic rings. The largest absolute Gasteiger partial charge is 0.494 e. The van der Waals surface area contributed by atoms with Crippen molar-refractivity contribution >= 4 is 11.8 Å². The van der Waals surface area contributed by atoms with E-state index >= 15 is 0 Å². The van der Waals surface area contributed by atoms with Gasteiger partial charge in [0, 0.05) is 43.9 Å². The molecule has 1 fully saturated rings. The number of ether oxygens (including phenoxy) is 1. The number of amides is 2. The fourth-order valence-corrected chi connectivity index (χ4v) is 4.05. The lowest BCUT2D eigenvalue weighted by molar-refractivity contribution is -0.130. The minimum absolute atomic E-state index is 0.120. The Labute approximate surface area is 172 Å². The first kappa shape index (κ1) is 20.9. The number of carbonyl (C=O) groups excluding carboxylic acids is 2. The number of rotatable bonds is 6. The first-order valence-electron chi connectivity index (χ1n) is 10.2. The predicted octanol–water partition coefficient (Wildman–Crippen LogP) is 3.01. The van der Waals surface area contributed by atoms with Crippen LogP contribution in [0.1, 0.15) is 60.3 Å². The van der Waals surface area contributed by atoms with E-state index in [-0.39, 0.29) is 17.9 Å². The first-order valence-corrected chi connectivity index (χ1v) is 10.2. The third kappa shape index (κ3) is 4.60. The van der Waals surface area contributed by atoms with Gasteiger partial charge in [0.15, 0.2) is 0 Å². The van der Waals surface area contributed by atoms with Crippen molar-refractivity contribution in [3.8, 4) is 5.75 Å². The normalized spacial score (nSPS) is 14.7. The zero-order chi connectivity index (χ0) is 21.0. The standard InChI is InChI=1S/C22H30N4O3/c1-5-29-20-9-7-6-8-18(20)14-23-22(28)21-15(2)26(16(3)24-21)19-10-12-25(13-11-19)17(4)27/h6-9,19H,5,10-14H2,1-4H3,(H,23,28). The number of likely N-dealkylation sites (tertiary alicyclic amines) is 1. The average molecular weight is 399 g/mol. The number of nitrogens with zero attached hydrogens (tertiary/aromatic N) is 3. The Morgan fingerprint density at radius 1 is 1.21 bits per heavy atom. The molecule has 2 amide bonds. The van der Waals surface area contributed by atoms with E-state index in [4.69, 9.17) is 4.74 Å². The highest BCUT2D eigenvalue weighted by atomic mass is 16.5. The SMILES string of the molecule is CCOc1ccccc1CNC(=O)c1nc(C)n(C2CCN(C(C)=O)CC2)c1C. The summed E-state index contributed by atoms with van der Waals surface area (Å²) in [5, 5.41) is 2.97. The summed E-state index contributed by atoms with van der Waals surface area (Å²) in [7, 11) is 0. The van der Waals surface area contributed by atoms with Crippen LogP contribution in [0.15, 0.2) is 24.3 Å². The molecule has 0 aliphatic carbocycles. The topological polar surface area (TPSA) is 76.5 Å². The molecule has 7 nitrogen and oxygen atoms in total. The molecule has 0 spiro atoms. The van der Waals surface area contributed by atoms with Crippen molar-refractivity contribution in [1.82, 2.24) is 19.8 Å². The Balaban J connectivity index is 1.70. The number of hydrogen-bond donors (Lipinski definition) is 1. The smallest absolute Gasteiger partial charge is 0.272 e. The third-order valence-corrected chi connectivity index (χ3v) is 5.53. The minimum Gasteiger partial charge on any atom is -0.494 e. The van der Waals surface area contributed by atoms with E-state index in [1.165, 1.54) is 0 Å². The van der Waals surface area contributed by atoms with E-state index < -0.39 is 0 Å². The fraction of sp³-hybridized carbons (Fsp3) is 0.500. The van der Waals surface area contributed by atoms with Crippen molar-refractivity contribution in [3.05, 3.63) is 47.0 Å². The van der Waals surface area contributed by atoms with Gasteiger partial charge in [-0.3, -0.25) is 9.59 Å². The van der Waals surface area contributed by atoms with E-state index in [0.29, 0.717) is 18.8 Å². The monoisotopic (exact) mass is 398 g/mol. The summed E-state index contributed by atoms with van der Waals surface area (Å²) in [6, 6.07) is 7.97. The van der Waals surface area contributed by atoms with Crippen molar-refractivity contribution in [2.24, 2.45) is 0 Å². The second kappa shape index (κ2) is 9.11. The van der Waals surface area contributed by atoms with Crippen LogP contribution in [0.2, 0.25) is 0 Å². The highest BCUT2D eigenvalue weighted by molar-refractivity contribution is 5.93. The molecule has 0 bridgehead atoms. The van der Waals surface area contributed by atoms with Crippen LogP contribution in [0.5, 0.6) is 5.75 Å². The molecule has 2 heterocycles. The molecule has 1 saturated heterocycles. The molecule has 7 heteroatoms. The Morgan fingerprint density at radius 2 is 1.90 bits per heavy atom. The maximum atomic E-state index is 12.8. The molecule has 156 valence electrons. The van der Waals surface area contributed by atoms with E-state index in [1.54, 1.807) is 6.92 Å². The number of aryl methyl sites for hydroxylation is 1. The molecule has 1 aromatic heterocycles. The van der Waals surface area contributed by atoms with Gasteiger partial charge in [0.25, 0.3) is 5.91 Å². The molecule has 0 saturated carbocycles. The van der Waals surface area contributed by atoms with Crippen LogP contribution in [-0.2, 0) is 11.3 Å². The fourth-order valence-electron chi connectivity index (χ4n) is 4.05. The van der Waals surface area contributed by atoms with Gasteiger partial charge in [-0.2, -0.15) is 0 Å². The van der Waals surface area contributed by atoms with Gasteiger partial charge in [0.05, 0.1) is 6.61 Å². The van der Waals surface area contributed by atoms with E-state index in [1.807, 2.05) is 49.9 Å². The van der Waals surface area contributed by atoms with Gasteiger partial charge >= 0.3 is 0 Å². The van der Waals surface area contributed by atoms with Gasteiger partial charge in [-0.15, -0.1) is 0 Å². The maximum Gasteiger partial charge on any atom is 0.272 e. The lowest BCUT2D eigenvalue weighted by atomic mass is 10.0. The summed E-state index contributed by atoms with van der Waals surface area (Å²) in [4.78, 5) is 30.8. The second-order valence-corrected chi connectivity index (χ2v) is 7.42. The number of hydrogen-bond acceptors (Lipinski definition) is 4. The third-order valence-electron chi connectivity index (χ3n) is 5.53. The van der Waals surface area contributed by atoms with E-state index in [9.17, 15) is 9.59 Å². The first-order chi connectivity index (χ1) is 13.9. The molecule has 1 N–H and O–H groups in total. The van der Waals surface area contributed by atoms with Crippen LogP contribution in [0.3, 0.4) is 0 Å². The van der Waals surface area contributed by atoms with Gasteiger partial charge in [-0.25, -0.2) is 4.98 Å². The Morgan fingerprint density at radius 3 is 2.55 bits per heavy atom. The van der Waals surface area contributed by atoms with Crippen LogP contribution in [-0.4, -0.2) is 46.0 Å². The predicted molar refractivity (Wildman–Crippen MR) is 111 cm³/mol. The molecule has 1 aliphatic rings. The van der Waals surface area contributed by atoms with Gasteiger partial charge in [-0.05, 0) is 39.7 Å². The zero-order valence-electron chi connectivity index (χ0n) is 17.7. The van der Waals surface area contributed by atoms with E-state index in [2.05, 4.69) is 14.9 Å². The van der Waals surface area contributed by atoms with Gasteiger partial charge in [0.2, 0.25) is 5.91 Å². The molecule has 1 aromatic carbocycles. The van der Waals surface area contributed by atoms with Crippen molar-refractivity contribution in [2.45, 2.75) is 53.1 Å². The average Bonchev–Trinajstić information content (AvgIpc) is 3.01. The summed E-state index contributed by atoms with van der Waals surface area (Å²) in [5.74, 6) is 1.56. The van der Waals surface area contributed by atoms with Crippen molar-refractivity contribution in [3.63, 3.8) is 0 Å². The van der Waals surface area contributed by atoms with Crippen LogP contribution in [0, 0.1) is 13.8 Å². The van der Waals surface area contributed by atoms with Crippen molar-refractivity contribution < 1.29 is 14.3 Å². The molecular weight excluding hydrogens is 368 g/mol. The number of carbonyl (C=O) groups is 2. The Bertz CT molecular complexity index is 882. The second-order valence-electron chi connectivity index (χ2n) is 7.42. The quantitative estimate of drug-likeness (QED) is 0.812. The number of benzene rings is 1. The van der Waals surface area contributed by atoms with Crippen LogP contribution in [0.4, 0.5) is 0 Å². The van der Waals surface area contributed by atoms with Crippen molar-refractivity contribution in [2.75, 3.05) is 19.7 Å². The molecule has 1 aliphatic heterocycles. The molecule has 0 radical (unpaired) electrons. The Hall–Kier alpha value is -2.83. The minimum atomic E-state index is -0.183. The van der Waals surface area contributed by atoms with Gasteiger partial charge < -0.3 is 19.5 Å². The molecule has 0 unspecified atom stereocenters. The van der Waals surface area contributed by atoms with Crippen LogP contribution >= 0.6 is 0 Å². The summed E-state index contributed by atoms with van der Waals surface area (Å²) < 4.78 is 7.78. The summed E-state index contributed by atoms with van der Waals surface area (Å²) >= 11 is 0. The highest BCUT2D eigenvalue weighted by Gasteiger charge is 2.27. The Kier molecular flexibility index (Phi) is 6.56. The van der Waals surface area contributed by atoms with Crippen LogP contribution in [0.25, 0.3) is 0 Å². The molecule has 3 rings (SSSR count). The summed E-state index contributed by atoms with van der Waals surface area (Å²) in [5.41, 5.74) is 2.28. The van der Waals surface area contributed by atoms with Crippen LogP contribution < -0.4 is 10.1 Å². The summed E-state index contributed by atoms with van der Waals surface area (Å²) in [6.07, 6.45) is 1.75. The lowest BCUT2D eigenvalue weighted by Crippen LogP contribution is -2.38. The molecular formula is C22H30N4O3. The maximum absolute atomic E-state index is 12.8.